The van der Waals surface area contributed by atoms with Crippen molar-refractivity contribution in [2.24, 2.45) is 0 Å². The monoisotopic (exact) mass is 379 g/mol. The van der Waals surface area contributed by atoms with Crippen LogP contribution in [-0.2, 0) is 30.5 Å². The molecule has 0 spiro atoms. The highest BCUT2D eigenvalue weighted by Gasteiger charge is 2.54. The number of carbonyl (C=O) groups excluding carboxylic acids is 3. The molecular weight excluding hydrogens is 362 g/mol. The van der Waals surface area contributed by atoms with Gasteiger partial charge in [0.2, 0.25) is 5.91 Å². The van der Waals surface area contributed by atoms with E-state index < -0.39 is 29.3 Å². The Kier molecular flexibility index (Phi) is 5.03. The second-order valence-corrected chi connectivity index (χ2v) is 6.95. The normalized spacial score (nSPS) is 21.7. The van der Waals surface area contributed by atoms with E-state index in [4.69, 9.17) is 4.74 Å². The number of rotatable bonds is 6. The highest BCUT2D eigenvalue weighted by molar-refractivity contribution is 8.00. The minimum atomic E-state index is -1.26. The third kappa shape index (κ3) is 3.45. The molecule has 2 aliphatic heterocycles. The molecule has 2 atom stereocenters. The standard InChI is InChI=1S/C16H17N3O6S/c1-9(20)25-7-10-8-26-15-12(14(22)19(15)13(10)16(23)24)17-11(21)6-18-4-2-3-5-18/h2-5,12,15H,6-8H2,1H3,(H,17,21)(H,23,24)/t12-,15-/m1/s1. The van der Waals surface area contributed by atoms with E-state index in [1.807, 2.05) is 0 Å². The molecule has 138 valence electrons. The molecule has 0 bridgehead atoms. The van der Waals surface area contributed by atoms with E-state index in [9.17, 15) is 24.3 Å². The molecule has 10 heteroatoms. The minimum Gasteiger partial charge on any atom is -0.477 e. The Labute approximate surface area is 153 Å². The number of β-lactam (4-membered cyclic amide) rings is 1. The zero-order valence-corrected chi connectivity index (χ0v) is 14.7. The third-order valence-corrected chi connectivity index (χ3v) is 5.35. The predicted octanol–water partition coefficient (Wildman–Crippen LogP) is -0.210. The SMILES string of the molecule is CC(=O)OCC1=C(C(=O)O)N2C(=O)[C@@H](NC(=O)Cn3cccc3)[C@H]2SC1. The molecule has 0 aromatic carbocycles. The van der Waals surface area contributed by atoms with Crippen molar-refractivity contribution >= 4 is 35.5 Å². The van der Waals surface area contributed by atoms with E-state index >= 15 is 0 Å². The Morgan fingerprint density at radius 2 is 2.04 bits per heavy atom. The Balaban J connectivity index is 1.69. The number of ether oxygens (including phenoxy) is 1. The molecule has 1 fully saturated rings. The van der Waals surface area contributed by atoms with Crippen molar-refractivity contribution in [2.75, 3.05) is 12.4 Å². The quantitative estimate of drug-likeness (QED) is 0.519. The molecule has 3 rings (SSSR count). The summed E-state index contributed by atoms with van der Waals surface area (Å²) in [6, 6.07) is 2.80. The van der Waals surface area contributed by atoms with Crippen LogP contribution >= 0.6 is 11.8 Å². The van der Waals surface area contributed by atoms with Crippen LogP contribution < -0.4 is 5.32 Å². The van der Waals surface area contributed by atoms with Crippen LogP contribution in [0.3, 0.4) is 0 Å². The van der Waals surface area contributed by atoms with Crippen LogP contribution in [-0.4, -0.2) is 62.1 Å². The van der Waals surface area contributed by atoms with Crippen LogP contribution in [0.2, 0.25) is 0 Å². The molecule has 1 aromatic heterocycles. The lowest BCUT2D eigenvalue weighted by molar-refractivity contribution is -0.151. The fourth-order valence-corrected chi connectivity index (χ4v) is 4.17. The smallest absolute Gasteiger partial charge is 0.352 e. The first-order valence-electron chi connectivity index (χ1n) is 7.82. The van der Waals surface area contributed by atoms with Crippen molar-refractivity contribution in [1.29, 1.82) is 0 Å². The van der Waals surface area contributed by atoms with E-state index in [1.165, 1.54) is 18.7 Å². The summed E-state index contributed by atoms with van der Waals surface area (Å²) in [5, 5.41) is 11.6. The summed E-state index contributed by atoms with van der Waals surface area (Å²) in [7, 11) is 0. The number of hydrogen-bond acceptors (Lipinski definition) is 6. The number of fused-ring (bicyclic) bond motifs is 1. The average molecular weight is 379 g/mol. The van der Waals surface area contributed by atoms with Crippen LogP contribution in [0.25, 0.3) is 0 Å². The number of thioether (sulfide) groups is 1. The second-order valence-electron chi connectivity index (χ2n) is 5.85. The molecule has 26 heavy (non-hydrogen) atoms. The summed E-state index contributed by atoms with van der Waals surface area (Å²) in [5.41, 5.74) is 0.190. The predicted molar refractivity (Wildman–Crippen MR) is 90.7 cm³/mol. The second kappa shape index (κ2) is 7.24. The Hall–Kier alpha value is -2.75. The molecule has 1 aromatic rings. The van der Waals surface area contributed by atoms with Crippen molar-refractivity contribution in [1.82, 2.24) is 14.8 Å². The lowest BCUT2D eigenvalue weighted by Crippen LogP contribution is -2.70. The first-order chi connectivity index (χ1) is 12.4. The third-order valence-electron chi connectivity index (χ3n) is 4.01. The Morgan fingerprint density at radius 1 is 1.35 bits per heavy atom. The highest BCUT2D eigenvalue weighted by Crippen LogP contribution is 2.40. The van der Waals surface area contributed by atoms with E-state index in [-0.39, 0.29) is 24.8 Å². The highest BCUT2D eigenvalue weighted by atomic mass is 32.2. The van der Waals surface area contributed by atoms with Crippen molar-refractivity contribution in [2.45, 2.75) is 24.9 Å². The number of hydrogen-bond donors (Lipinski definition) is 2. The van der Waals surface area contributed by atoms with Gasteiger partial charge in [-0.25, -0.2) is 4.79 Å². The summed E-state index contributed by atoms with van der Waals surface area (Å²) in [6.45, 7) is 1.13. The van der Waals surface area contributed by atoms with Gasteiger partial charge in [-0.3, -0.25) is 19.3 Å². The minimum absolute atomic E-state index is 0.0769. The van der Waals surface area contributed by atoms with Gasteiger partial charge in [-0.1, -0.05) is 0 Å². The number of nitrogens with zero attached hydrogens (tertiary/aromatic N) is 2. The maximum absolute atomic E-state index is 12.4. The molecule has 0 radical (unpaired) electrons. The van der Waals surface area contributed by atoms with Crippen LogP contribution in [0, 0.1) is 0 Å². The molecule has 3 heterocycles. The molecule has 0 unspecified atom stereocenters. The van der Waals surface area contributed by atoms with Gasteiger partial charge in [0.25, 0.3) is 5.91 Å². The number of carbonyl (C=O) groups is 4. The lowest BCUT2D eigenvalue weighted by atomic mass is 10.0. The van der Waals surface area contributed by atoms with Gasteiger partial charge in [-0.05, 0) is 12.1 Å². The first-order valence-corrected chi connectivity index (χ1v) is 8.87. The van der Waals surface area contributed by atoms with Gasteiger partial charge in [0, 0.05) is 30.6 Å². The van der Waals surface area contributed by atoms with Gasteiger partial charge >= 0.3 is 11.9 Å². The average Bonchev–Trinajstić information content (AvgIpc) is 3.09. The van der Waals surface area contributed by atoms with Gasteiger partial charge < -0.3 is 19.7 Å². The van der Waals surface area contributed by atoms with Crippen LogP contribution in [0.1, 0.15) is 6.92 Å². The Morgan fingerprint density at radius 3 is 2.65 bits per heavy atom. The maximum Gasteiger partial charge on any atom is 0.352 e. The number of aliphatic carboxylic acids is 1. The van der Waals surface area contributed by atoms with Crippen LogP contribution in [0.5, 0.6) is 0 Å². The Bertz CT molecular complexity index is 788. The van der Waals surface area contributed by atoms with E-state index in [0.29, 0.717) is 11.3 Å². The number of carboxylic acid groups (broad SMARTS) is 1. The van der Waals surface area contributed by atoms with Crippen molar-refractivity contribution in [3.8, 4) is 0 Å². The number of esters is 1. The van der Waals surface area contributed by atoms with Gasteiger partial charge in [-0.15, -0.1) is 11.8 Å². The molecule has 1 saturated heterocycles. The number of aromatic nitrogens is 1. The van der Waals surface area contributed by atoms with Gasteiger partial charge in [-0.2, -0.15) is 0 Å². The maximum atomic E-state index is 12.4. The zero-order chi connectivity index (χ0) is 18.8. The van der Waals surface area contributed by atoms with Crippen molar-refractivity contribution in [3.63, 3.8) is 0 Å². The fourth-order valence-electron chi connectivity index (χ4n) is 2.84. The van der Waals surface area contributed by atoms with E-state index in [1.54, 1.807) is 29.1 Å². The summed E-state index contributed by atoms with van der Waals surface area (Å²) in [5.74, 6) is -2.30. The summed E-state index contributed by atoms with van der Waals surface area (Å²) >= 11 is 1.33. The summed E-state index contributed by atoms with van der Waals surface area (Å²) < 4.78 is 6.54. The lowest BCUT2D eigenvalue weighted by Gasteiger charge is -2.49. The van der Waals surface area contributed by atoms with Crippen LogP contribution in [0.15, 0.2) is 35.8 Å². The molecule has 2 aliphatic rings. The topological polar surface area (TPSA) is 118 Å². The van der Waals surface area contributed by atoms with E-state index in [2.05, 4.69) is 5.32 Å². The summed E-state index contributed by atoms with van der Waals surface area (Å²) in [4.78, 5) is 48.2. The van der Waals surface area contributed by atoms with Crippen LogP contribution in [0.4, 0.5) is 0 Å². The van der Waals surface area contributed by atoms with E-state index in [0.717, 1.165) is 4.90 Å². The van der Waals surface area contributed by atoms with Gasteiger partial charge in [0.15, 0.2) is 0 Å². The molecule has 0 saturated carbocycles. The van der Waals surface area contributed by atoms with Crippen molar-refractivity contribution in [3.05, 3.63) is 35.8 Å². The molecule has 2 N–H and O–H groups in total. The molecule has 2 amide bonds. The zero-order valence-electron chi connectivity index (χ0n) is 13.9. The fraction of sp³-hybridized carbons (Fsp3) is 0.375. The van der Waals surface area contributed by atoms with Gasteiger partial charge in [0.05, 0.1) is 0 Å². The molecule has 9 nitrogen and oxygen atoms in total. The number of carboxylic acids is 1. The van der Waals surface area contributed by atoms with Gasteiger partial charge in [0.1, 0.15) is 30.3 Å². The molecular formula is C16H17N3O6S. The van der Waals surface area contributed by atoms with Crippen molar-refractivity contribution < 1.29 is 29.0 Å². The largest absolute Gasteiger partial charge is 0.477 e. The first kappa shape index (κ1) is 18.1. The number of amides is 2. The summed E-state index contributed by atoms with van der Waals surface area (Å²) in [6.07, 6.45) is 3.47. The number of nitrogens with one attached hydrogen (secondary N) is 1. The molecule has 0 aliphatic carbocycles.